The second-order valence-corrected chi connectivity index (χ2v) is 5.22. The van der Waals surface area contributed by atoms with Crippen LogP contribution in [0, 0.1) is 5.82 Å². The van der Waals surface area contributed by atoms with Crippen LogP contribution < -0.4 is 0 Å². The van der Waals surface area contributed by atoms with Gasteiger partial charge in [0.05, 0.1) is 0 Å². The van der Waals surface area contributed by atoms with Crippen molar-refractivity contribution in [2.24, 2.45) is 0 Å². The molecule has 2 rings (SSSR count). The van der Waals surface area contributed by atoms with Gasteiger partial charge in [0.1, 0.15) is 5.82 Å². The number of rotatable bonds is 2. The van der Waals surface area contributed by atoms with Crippen molar-refractivity contribution in [1.82, 2.24) is 0 Å². The van der Waals surface area contributed by atoms with Gasteiger partial charge in [-0.2, -0.15) is 0 Å². The van der Waals surface area contributed by atoms with Crippen molar-refractivity contribution in [2.45, 2.75) is 24.5 Å². The first kappa shape index (κ1) is 13.6. The predicted octanol–water partition coefficient (Wildman–Crippen LogP) is 2.64. The van der Waals surface area contributed by atoms with Crippen LogP contribution >= 0.6 is 11.8 Å². The molecule has 0 aliphatic carbocycles. The Morgan fingerprint density at radius 1 is 1.11 bits per heavy atom. The van der Waals surface area contributed by atoms with Gasteiger partial charge in [0.25, 0.3) is 5.79 Å². The van der Waals surface area contributed by atoms with Crippen LogP contribution in [0.3, 0.4) is 0 Å². The molecule has 100 valence electrons. The third-order valence-electron chi connectivity index (χ3n) is 2.24. The third-order valence-corrected chi connectivity index (χ3v) is 3.14. The molecule has 0 unspecified atom stereocenters. The molecule has 0 radical (unpaired) electrons. The predicted molar refractivity (Wildman–Crippen MR) is 66.6 cm³/mol. The molecule has 0 saturated carbocycles. The van der Waals surface area contributed by atoms with Gasteiger partial charge in [-0.1, -0.05) is 11.8 Å². The summed E-state index contributed by atoms with van der Waals surface area (Å²) < 4.78 is 22.6. The molecular formula is C13H11FO4S. The van der Waals surface area contributed by atoms with Crippen LogP contribution in [0.2, 0.25) is 0 Å². The minimum atomic E-state index is -1.24. The smallest absolute Gasteiger partial charge is 0.349 e. The Labute approximate surface area is 113 Å². The number of esters is 2. The van der Waals surface area contributed by atoms with E-state index in [2.05, 4.69) is 0 Å². The summed E-state index contributed by atoms with van der Waals surface area (Å²) in [5, 5.41) is 1.34. The van der Waals surface area contributed by atoms with Gasteiger partial charge in [0.15, 0.2) is 5.57 Å². The average molecular weight is 282 g/mol. The van der Waals surface area contributed by atoms with Gasteiger partial charge in [-0.25, -0.2) is 14.0 Å². The highest BCUT2D eigenvalue weighted by atomic mass is 32.2. The molecule has 1 aliphatic rings. The van der Waals surface area contributed by atoms with E-state index in [1.807, 2.05) is 0 Å². The fourth-order valence-corrected chi connectivity index (χ4v) is 2.14. The molecule has 1 aromatic rings. The van der Waals surface area contributed by atoms with Crippen LogP contribution in [-0.4, -0.2) is 17.7 Å². The maximum absolute atomic E-state index is 12.7. The number of cyclic esters (lactones) is 2. The highest BCUT2D eigenvalue weighted by Gasteiger charge is 2.38. The number of thioether (sulfide) groups is 1. The number of hydrogen-bond donors (Lipinski definition) is 0. The number of benzene rings is 1. The van der Waals surface area contributed by atoms with Crippen LogP contribution in [0.1, 0.15) is 13.8 Å². The summed E-state index contributed by atoms with van der Waals surface area (Å²) >= 11 is 1.11. The van der Waals surface area contributed by atoms with E-state index in [1.54, 1.807) is 12.1 Å². The molecule has 0 bridgehead atoms. The first-order valence-corrected chi connectivity index (χ1v) is 6.34. The van der Waals surface area contributed by atoms with Gasteiger partial charge in [0, 0.05) is 18.7 Å². The first-order valence-electron chi connectivity index (χ1n) is 5.46. The van der Waals surface area contributed by atoms with E-state index in [0.29, 0.717) is 4.90 Å². The first-order chi connectivity index (χ1) is 8.87. The maximum Gasteiger partial charge on any atom is 0.349 e. The number of carbonyl (C=O) groups excluding carboxylic acids is 2. The van der Waals surface area contributed by atoms with E-state index in [-0.39, 0.29) is 11.4 Å². The van der Waals surface area contributed by atoms with Gasteiger partial charge in [-0.3, -0.25) is 0 Å². The zero-order valence-corrected chi connectivity index (χ0v) is 11.1. The minimum absolute atomic E-state index is 0.173. The van der Waals surface area contributed by atoms with Crippen LogP contribution in [-0.2, 0) is 19.1 Å². The summed E-state index contributed by atoms with van der Waals surface area (Å²) in [4.78, 5) is 24.0. The molecule has 19 heavy (non-hydrogen) atoms. The molecule has 1 heterocycles. The normalized spacial score (nSPS) is 17.7. The van der Waals surface area contributed by atoms with Gasteiger partial charge in [-0.05, 0) is 29.7 Å². The number of carbonyl (C=O) groups is 2. The molecule has 1 saturated heterocycles. The largest absolute Gasteiger partial charge is 0.419 e. The molecule has 1 aromatic carbocycles. The molecule has 4 nitrogen and oxygen atoms in total. The highest BCUT2D eigenvalue weighted by molar-refractivity contribution is 8.02. The minimum Gasteiger partial charge on any atom is -0.419 e. The monoisotopic (exact) mass is 282 g/mol. The lowest BCUT2D eigenvalue weighted by Gasteiger charge is -2.29. The Bertz CT molecular complexity index is 526. The molecule has 0 aromatic heterocycles. The van der Waals surface area contributed by atoms with Crippen LogP contribution in [0.25, 0.3) is 0 Å². The molecule has 6 heteroatoms. The van der Waals surface area contributed by atoms with Crippen LogP contribution in [0.4, 0.5) is 4.39 Å². The summed E-state index contributed by atoms with van der Waals surface area (Å²) in [6.07, 6.45) is 0. The van der Waals surface area contributed by atoms with Gasteiger partial charge < -0.3 is 9.47 Å². The lowest BCUT2D eigenvalue weighted by Crippen LogP contribution is -2.41. The molecule has 0 spiro atoms. The van der Waals surface area contributed by atoms with Crippen molar-refractivity contribution in [3.8, 4) is 0 Å². The van der Waals surface area contributed by atoms with E-state index in [9.17, 15) is 14.0 Å². The second kappa shape index (κ2) is 5.05. The van der Waals surface area contributed by atoms with E-state index < -0.39 is 17.7 Å². The molecule has 0 N–H and O–H groups in total. The van der Waals surface area contributed by atoms with Gasteiger partial charge in [-0.15, -0.1) is 0 Å². The standard InChI is InChI=1S/C13H11FO4S/c1-13(2)17-11(15)10(12(16)18-13)7-19-9-5-3-8(14)4-6-9/h3-7H,1-2H3. The molecule has 0 amide bonds. The van der Waals surface area contributed by atoms with E-state index >= 15 is 0 Å². The van der Waals surface area contributed by atoms with E-state index in [1.165, 1.54) is 31.4 Å². The zero-order chi connectivity index (χ0) is 14.0. The number of halogens is 1. The summed E-state index contributed by atoms with van der Waals surface area (Å²) in [5.74, 6) is -3.05. The summed E-state index contributed by atoms with van der Waals surface area (Å²) in [7, 11) is 0. The van der Waals surface area contributed by atoms with Crippen molar-refractivity contribution in [2.75, 3.05) is 0 Å². The Hall–Kier alpha value is -1.82. The Balaban J connectivity index is 2.13. The fourth-order valence-electron chi connectivity index (χ4n) is 1.40. The van der Waals surface area contributed by atoms with Crippen LogP contribution in [0.15, 0.2) is 40.1 Å². The quantitative estimate of drug-likeness (QED) is 0.361. The lowest BCUT2D eigenvalue weighted by molar-refractivity contribution is -0.222. The van der Waals surface area contributed by atoms with E-state index in [0.717, 1.165) is 11.8 Å². The molecule has 1 fully saturated rings. The lowest BCUT2D eigenvalue weighted by atomic mass is 10.2. The van der Waals surface area contributed by atoms with Crippen molar-refractivity contribution >= 4 is 23.7 Å². The Morgan fingerprint density at radius 3 is 2.16 bits per heavy atom. The topological polar surface area (TPSA) is 52.6 Å². The fraction of sp³-hybridized carbons (Fsp3) is 0.231. The molecule has 1 aliphatic heterocycles. The maximum atomic E-state index is 12.7. The number of hydrogen-bond acceptors (Lipinski definition) is 5. The van der Waals surface area contributed by atoms with E-state index in [4.69, 9.17) is 9.47 Å². The summed E-state index contributed by atoms with van der Waals surface area (Å²) in [6.45, 7) is 2.96. The van der Waals surface area contributed by atoms with Gasteiger partial charge in [0.2, 0.25) is 0 Å². The average Bonchev–Trinajstić information content (AvgIpc) is 2.29. The van der Waals surface area contributed by atoms with Crippen molar-refractivity contribution < 1.29 is 23.5 Å². The van der Waals surface area contributed by atoms with Crippen molar-refractivity contribution in [3.63, 3.8) is 0 Å². The molecular weight excluding hydrogens is 271 g/mol. The summed E-state index contributed by atoms with van der Waals surface area (Å²) in [5.41, 5.74) is -0.173. The van der Waals surface area contributed by atoms with Crippen LogP contribution in [0.5, 0.6) is 0 Å². The number of ether oxygens (including phenoxy) is 2. The summed E-state index contributed by atoms with van der Waals surface area (Å²) in [6, 6.07) is 5.67. The Kier molecular flexibility index (Phi) is 3.61. The van der Waals surface area contributed by atoms with Crippen molar-refractivity contribution in [1.29, 1.82) is 0 Å². The van der Waals surface area contributed by atoms with Crippen molar-refractivity contribution in [3.05, 3.63) is 41.1 Å². The zero-order valence-electron chi connectivity index (χ0n) is 10.3. The third kappa shape index (κ3) is 3.35. The molecule has 0 atom stereocenters. The second-order valence-electron chi connectivity index (χ2n) is 4.28. The Morgan fingerprint density at radius 2 is 1.63 bits per heavy atom. The highest BCUT2D eigenvalue weighted by Crippen LogP contribution is 2.27. The van der Waals surface area contributed by atoms with Gasteiger partial charge >= 0.3 is 11.9 Å². The SMILES string of the molecule is CC1(C)OC(=O)C(=CSc2ccc(F)cc2)C(=O)O1.